The molecule has 4 aromatic rings. The zero-order valence-corrected chi connectivity index (χ0v) is 17.0. The second-order valence-corrected chi connectivity index (χ2v) is 8.96. The maximum atomic E-state index is 13.0. The Bertz CT molecular complexity index is 1140. The molecule has 0 spiro atoms. The van der Waals surface area contributed by atoms with Crippen molar-refractivity contribution in [3.05, 3.63) is 64.3 Å². The van der Waals surface area contributed by atoms with Crippen LogP contribution in [0.2, 0.25) is 0 Å². The molecular formula is C19H14N4O2S3. The highest BCUT2D eigenvalue weighted by atomic mass is 32.2. The first-order valence-electron chi connectivity index (χ1n) is 8.57. The first kappa shape index (κ1) is 17.6. The normalized spacial score (nSPS) is 16.6. The number of thioether (sulfide) groups is 1. The Hall–Kier alpha value is -2.49. The van der Waals surface area contributed by atoms with Crippen LogP contribution in [0.15, 0.2) is 68.2 Å². The molecule has 5 heterocycles. The van der Waals surface area contributed by atoms with Crippen LogP contribution < -0.4 is 0 Å². The molecule has 0 radical (unpaired) electrons. The number of hydrogen-bond acceptors (Lipinski definition) is 8. The number of thiophene rings is 2. The number of carbonyl (C=O) groups is 1. The Labute approximate surface area is 172 Å². The molecule has 0 saturated heterocycles. The van der Waals surface area contributed by atoms with Crippen molar-refractivity contribution in [2.24, 2.45) is 5.10 Å². The predicted molar refractivity (Wildman–Crippen MR) is 112 cm³/mol. The van der Waals surface area contributed by atoms with Gasteiger partial charge in [0, 0.05) is 11.3 Å². The largest absolute Gasteiger partial charge is 0.463 e. The Morgan fingerprint density at radius 2 is 2.18 bits per heavy atom. The summed E-state index contributed by atoms with van der Waals surface area (Å²) in [5, 5.41) is 11.0. The Morgan fingerprint density at radius 3 is 3.00 bits per heavy atom. The number of aromatic nitrogens is 2. The molecule has 0 bridgehead atoms. The van der Waals surface area contributed by atoms with E-state index in [1.807, 2.05) is 41.1 Å². The summed E-state index contributed by atoms with van der Waals surface area (Å²) in [5.74, 6) is 0.926. The minimum atomic E-state index is -0.0969. The molecule has 1 aliphatic rings. The van der Waals surface area contributed by atoms with Crippen molar-refractivity contribution in [3.63, 3.8) is 0 Å². The standard InChI is InChI=1S/C19H14N4O2S3/c24-17(10-28-19-18-12(5-8-27-18)20-11-21-19)23-14(16-4-2-7-26-16)9-13(22-23)15-3-1-6-25-15/h1-8,11,14H,9-10H2/t14-/m0/s1. The van der Waals surface area contributed by atoms with Gasteiger partial charge < -0.3 is 4.42 Å². The molecular weight excluding hydrogens is 412 g/mol. The van der Waals surface area contributed by atoms with Crippen molar-refractivity contribution in [1.82, 2.24) is 15.0 Å². The lowest BCUT2D eigenvalue weighted by atomic mass is 10.1. The minimum Gasteiger partial charge on any atom is -0.463 e. The molecule has 0 aromatic carbocycles. The zero-order chi connectivity index (χ0) is 18.9. The van der Waals surface area contributed by atoms with Gasteiger partial charge in [0.1, 0.15) is 22.8 Å². The molecule has 0 fully saturated rings. The van der Waals surface area contributed by atoms with Crippen molar-refractivity contribution in [3.8, 4) is 0 Å². The van der Waals surface area contributed by atoms with Gasteiger partial charge in [-0.05, 0) is 35.0 Å². The zero-order valence-electron chi connectivity index (χ0n) is 14.5. The van der Waals surface area contributed by atoms with Crippen LogP contribution in [0.5, 0.6) is 0 Å². The van der Waals surface area contributed by atoms with E-state index >= 15 is 0 Å². The van der Waals surface area contributed by atoms with Crippen LogP contribution in [0, 0.1) is 0 Å². The lowest BCUT2D eigenvalue weighted by molar-refractivity contribution is -0.130. The molecule has 140 valence electrons. The summed E-state index contributed by atoms with van der Waals surface area (Å²) in [6.07, 6.45) is 3.81. The van der Waals surface area contributed by atoms with E-state index in [-0.39, 0.29) is 17.7 Å². The fraction of sp³-hybridized carbons (Fsp3) is 0.158. The second kappa shape index (κ2) is 7.50. The van der Waals surface area contributed by atoms with E-state index in [0.717, 1.165) is 25.8 Å². The molecule has 1 aliphatic heterocycles. The second-order valence-electron chi connectivity index (χ2n) is 6.10. The molecule has 0 unspecified atom stereocenters. The van der Waals surface area contributed by atoms with Gasteiger partial charge in [-0.15, -0.1) is 22.7 Å². The van der Waals surface area contributed by atoms with Crippen LogP contribution in [-0.2, 0) is 4.79 Å². The third-order valence-corrected chi connectivity index (χ3v) is 7.37. The third-order valence-electron chi connectivity index (χ3n) is 4.39. The van der Waals surface area contributed by atoms with Gasteiger partial charge in [-0.1, -0.05) is 17.8 Å². The average molecular weight is 427 g/mol. The summed E-state index contributed by atoms with van der Waals surface area (Å²) in [6, 6.07) is 9.61. The topological polar surface area (TPSA) is 71.6 Å². The molecule has 0 aliphatic carbocycles. The van der Waals surface area contributed by atoms with Crippen LogP contribution in [0.25, 0.3) is 10.2 Å². The van der Waals surface area contributed by atoms with E-state index < -0.39 is 0 Å². The minimum absolute atomic E-state index is 0.0479. The van der Waals surface area contributed by atoms with Gasteiger partial charge in [-0.2, -0.15) is 5.10 Å². The third kappa shape index (κ3) is 3.25. The SMILES string of the molecule is O=C(CSc1ncnc2ccsc12)N1N=C(c2ccco2)C[C@H]1c1cccs1. The van der Waals surface area contributed by atoms with Crippen molar-refractivity contribution < 1.29 is 9.21 Å². The fourth-order valence-corrected chi connectivity index (χ4v) is 5.71. The molecule has 9 heteroatoms. The van der Waals surface area contributed by atoms with Crippen molar-refractivity contribution >= 4 is 56.3 Å². The first-order valence-corrected chi connectivity index (χ1v) is 11.3. The number of hydrazone groups is 1. The molecule has 1 atom stereocenters. The Kier molecular flexibility index (Phi) is 4.71. The van der Waals surface area contributed by atoms with Crippen LogP contribution in [0.3, 0.4) is 0 Å². The Balaban J connectivity index is 1.38. The van der Waals surface area contributed by atoms with Gasteiger partial charge in [-0.25, -0.2) is 15.0 Å². The van der Waals surface area contributed by atoms with Gasteiger partial charge in [0.05, 0.1) is 28.3 Å². The van der Waals surface area contributed by atoms with Crippen LogP contribution in [-0.4, -0.2) is 32.3 Å². The number of rotatable bonds is 5. The number of hydrogen-bond donors (Lipinski definition) is 0. The first-order chi connectivity index (χ1) is 13.8. The predicted octanol–water partition coefficient (Wildman–Crippen LogP) is 4.82. The monoisotopic (exact) mass is 426 g/mol. The maximum Gasteiger partial charge on any atom is 0.253 e. The average Bonchev–Trinajstić information content (AvgIpc) is 3.49. The lowest BCUT2D eigenvalue weighted by Crippen LogP contribution is -2.28. The van der Waals surface area contributed by atoms with E-state index in [2.05, 4.69) is 15.1 Å². The van der Waals surface area contributed by atoms with Crippen molar-refractivity contribution in [1.29, 1.82) is 0 Å². The highest BCUT2D eigenvalue weighted by Gasteiger charge is 2.34. The van der Waals surface area contributed by atoms with E-state index in [9.17, 15) is 4.79 Å². The van der Waals surface area contributed by atoms with E-state index in [0.29, 0.717) is 12.2 Å². The number of nitrogens with zero attached hydrogens (tertiary/aromatic N) is 4. The smallest absolute Gasteiger partial charge is 0.253 e. The fourth-order valence-electron chi connectivity index (χ4n) is 3.10. The maximum absolute atomic E-state index is 13.0. The quantitative estimate of drug-likeness (QED) is 0.338. The van der Waals surface area contributed by atoms with E-state index in [1.54, 1.807) is 40.3 Å². The number of fused-ring (bicyclic) bond motifs is 1. The molecule has 1 amide bonds. The van der Waals surface area contributed by atoms with Crippen LogP contribution in [0.4, 0.5) is 0 Å². The van der Waals surface area contributed by atoms with Crippen LogP contribution in [0.1, 0.15) is 23.1 Å². The van der Waals surface area contributed by atoms with Crippen molar-refractivity contribution in [2.75, 3.05) is 5.75 Å². The van der Waals surface area contributed by atoms with Gasteiger partial charge >= 0.3 is 0 Å². The highest BCUT2D eigenvalue weighted by Crippen LogP contribution is 2.36. The molecule has 4 aromatic heterocycles. The molecule has 0 saturated carbocycles. The summed E-state index contributed by atoms with van der Waals surface area (Å²) in [7, 11) is 0. The van der Waals surface area contributed by atoms with E-state index in [4.69, 9.17) is 4.42 Å². The molecule has 28 heavy (non-hydrogen) atoms. The number of furan rings is 1. The lowest BCUT2D eigenvalue weighted by Gasteiger charge is -2.20. The van der Waals surface area contributed by atoms with Crippen LogP contribution >= 0.6 is 34.4 Å². The van der Waals surface area contributed by atoms with Gasteiger partial charge in [-0.3, -0.25) is 4.79 Å². The molecule has 6 nitrogen and oxygen atoms in total. The summed E-state index contributed by atoms with van der Waals surface area (Å²) in [4.78, 5) is 22.8. The molecule has 5 rings (SSSR count). The van der Waals surface area contributed by atoms with Gasteiger partial charge in [0.15, 0.2) is 0 Å². The van der Waals surface area contributed by atoms with Crippen molar-refractivity contribution in [2.45, 2.75) is 17.5 Å². The Morgan fingerprint density at radius 1 is 1.21 bits per heavy atom. The number of carbonyl (C=O) groups excluding carboxylic acids is 1. The van der Waals surface area contributed by atoms with Gasteiger partial charge in [0.2, 0.25) is 0 Å². The highest BCUT2D eigenvalue weighted by molar-refractivity contribution is 8.00. The summed E-state index contributed by atoms with van der Waals surface area (Å²) >= 11 is 4.65. The molecule has 0 N–H and O–H groups in total. The van der Waals surface area contributed by atoms with Gasteiger partial charge in [0.25, 0.3) is 5.91 Å². The number of amides is 1. The summed E-state index contributed by atoms with van der Waals surface area (Å²) in [5.41, 5.74) is 1.70. The summed E-state index contributed by atoms with van der Waals surface area (Å²) < 4.78 is 6.50. The van der Waals surface area contributed by atoms with E-state index in [1.165, 1.54) is 11.8 Å². The summed E-state index contributed by atoms with van der Waals surface area (Å²) in [6.45, 7) is 0.